The number of carbonyl (C=O) groups excluding carboxylic acids is 4. The van der Waals surface area contributed by atoms with E-state index in [1.807, 2.05) is 143 Å². The number of benzene rings is 8. The molecule has 3 unspecified atom stereocenters. The summed E-state index contributed by atoms with van der Waals surface area (Å²) in [5.74, 6) is -1.05. The molecule has 0 fully saturated rings. The minimum Gasteiger partial charge on any atom is -0.375 e. The van der Waals surface area contributed by atoms with Crippen molar-refractivity contribution < 1.29 is 45.0 Å². The Hall–Kier alpha value is -11.8. The summed E-state index contributed by atoms with van der Waals surface area (Å²) >= 11 is 5.79. The standard InChI is InChI=1S/C25H29N3O2S.C24H25ClN2O.C24H25F2N3O2S.C24H26FN3O2S/c1-5-25(29)28(4)23-12-8-21(9-13-23)22-10-14-24(15-11-22)31(26,30)17-16-20-7-6-18(2)27-19(20)3;1-3-16-27(2)22-12-10-20(11-13-22)19-6-8-21(9-7-19)23(28)14-4-18-5-15-24(25)26-17-18;1-4-24(30)29(3)22-11-7-19(15-21(22)25)18-5-9-20(10-6-18)32(27,31)14-13-17-8-12-23(26)28-16(17)2;1-4-24(29)28(3)21-10-5-19(6-11-21)20-7-12-22(13-8-20)31(26,30)16-15-18-9-14-23(25)27-17(18)2/h6-15,26H,5,16-17H2,1-4H3;5-13,15,17H,3-4,14,16H2,1-2H3;5-12,15,27H,4,13-14H2,1-3H3;5-14,26H,4,15-16H2,1-3H3. The lowest BCUT2D eigenvalue weighted by Gasteiger charge is -2.18. The maximum atomic E-state index is 14.6. The van der Waals surface area contributed by atoms with Crippen LogP contribution in [0, 0.1) is 59.7 Å². The number of anilines is 4. The number of carbonyl (C=O) groups is 4. The maximum absolute atomic E-state index is 14.6. The van der Waals surface area contributed by atoms with Crippen molar-refractivity contribution in [1.82, 2.24) is 19.9 Å². The molecule has 8 aromatic carbocycles. The van der Waals surface area contributed by atoms with Gasteiger partial charge in [0.05, 0.1) is 34.9 Å². The van der Waals surface area contributed by atoms with Crippen molar-refractivity contribution in [3.05, 3.63) is 316 Å². The maximum Gasteiger partial charge on any atom is 0.226 e. The van der Waals surface area contributed by atoms with Crippen LogP contribution in [0.2, 0.25) is 5.15 Å². The van der Waals surface area contributed by atoms with Crippen LogP contribution in [-0.4, -0.2) is 108 Å². The van der Waals surface area contributed by atoms with Crippen LogP contribution < -0.4 is 19.6 Å². The van der Waals surface area contributed by atoms with Crippen molar-refractivity contribution in [3.63, 3.8) is 0 Å². The molecule has 122 heavy (non-hydrogen) atoms. The van der Waals surface area contributed by atoms with Crippen LogP contribution in [0.5, 0.6) is 0 Å². The van der Waals surface area contributed by atoms with Gasteiger partial charge < -0.3 is 19.6 Å². The van der Waals surface area contributed by atoms with Gasteiger partial charge in [-0.25, -0.2) is 46.3 Å². The highest BCUT2D eigenvalue weighted by atomic mass is 35.5. The summed E-state index contributed by atoms with van der Waals surface area (Å²) in [4.78, 5) is 72.2. The molecule has 0 aliphatic rings. The van der Waals surface area contributed by atoms with Crippen LogP contribution in [0.25, 0.3) is 44.5 Å². The number of amides is 3. The average Bonchev–Trinajstić information content (AvgIpc) is 0.804. The Bertz CT molecular complexity index is 5770. The Morgan fingerprint density at radius 3 is 1.09 bits per heavy atom. The molecule has 3 N–H and O–H groups in total. The predicted molar refractivity (Wildman–Crippen MR) is 489 cm³/mol. The number of ketones is 1. The molecule has 12 rings (SSSR count). The molecule has 25 heteroatoms. The summed E-state index contributed by atoms with van der Waals surface area (Å²) < 4.78 is 105. The van der Waals surface area contributed by atoms with Gasteiger partial charge in [0, 0.05) is 144 Å². The van der Waals surface area contributed by atoms with Crippen LogP contribution in [0.15, 0.2) is 257 Å². The first-order chi connectivity index (χ1) is 58.1. The molecule has 0 saturated heterocycles. The van der Waals surface area contributed by atoms with Crippen LogP contribution >= 0.6 is 11.6 Å². The van der Waals surface area contributed by atoms with Crippen molar-refractivity contribution in [2.45, 2.75) is 128 Å². The summed E-state index contributed by atoms with van der Waals surface area (Å²) in [6.45, 7) is 15.9. The molecular weight excluding hydrogens is 1620 g/mol. The molecular formula is C97H105ClF3N11O7S3. The van der Waals surface area contributed by atoms with Gasteiger partial charge in [-0.2, -0.15) is 8.78 Å². The van der Waals surface area contributed by atoms with E-state index in [1.54, 1.807) is 130 Å². The van der Waals surface area contributed by atoms with Gasteiger partial charge >= 0.3 is 0 Å². The molecule has 0 saturated carbocycles. The Morgan fingerprint density at radius 1 is 0.393 bits per heavy atom. The lowest BCUT2D eigenvalue weighted by molar-refractivity contribution is -0.118. The largest absolute Gasteiger partial charge is 0.375 e. The second kappa shape index (κ2) is 43.6. The quantitative estimate of drug-likeness (QED) is 0.0292. The Kier molecular flexibility index (Phi) is 33.6. The third-order valence-electron chi connectivity index (χ3n) is 21.0. The summed E-state index contributed by atoms with van der Waals surface area (Å²) in [6.07, 6.45) is 6.47. The van der Waals surface area contributed by atoms with Gasteiger partial charge in [0.2, 0.25) is 29.6 Å². The summed E-state index contributed by atoms with van der Waals surface area (Å²) in [5.41, 5.74) is 17.9. The molecule has 0 spiro atoms. The van der Waals surface area contributed by atoms with E-state index in [0.29, 0.717) is 87.3 Å². The normalized spacial score (nSPS) is 12.4. The highest BCUT2D eigenvalue weighted by Crippen LogP contribution is 2.32. The zero-order valence-electron chi connectivity index (χ0n) is 71.0. The fourth-order valence-corrected chi connectivity index (χ4v) is 17.4. The molecule has 4 aromatic heterocycles. The first-order valence-electron chi connectivity index (χ1n) is 40.2. The van der Waals surface area contributed by atoms with Gasteiger partial charge in [-0.05, 0) is 236 Å². The third-order valence-corrected chi connectivity index (χ3v) is 26.7. The van der Waals surface area contributed by atoms with E-state index in [-0.39, 0.29) is 52.9 Å². The Balaban J connectivity index is 0.000000185. The van der Waals surface area contributed by atoms with E-state index >= 15 is 0 Å². The number of halogens is 4. The molecule has 12 aromatic rings. The number of nitrogens with one attached hydrogen (secondary N) is 3. The van der Waals surface area contributed by atoms with Crippen molar-refractivity contribution in [2.75, 3.05) is 71.6 Å². The number of hydrogen-bond donors (Lipinski definition) is 3. The molecule has 3 atom stereocenters. The predicted octanol–water partition coefficient (Wildman–Crippen LogP) is 22.0. The summed E-state index contributed by atoms with van der Waals surface area (Å²) in [7, 11) is -1.76. The third kappa shape index (κ3) is 26.1. The fourth-order valence-electron chi connectivity index (χ4n) is 13.4. The minimum atomic E-state index is -3.06. The van der Waals surface area contributed by atoms with Gasteiger partial charge in [0.15, 0.2) is 5.78 Å². The lowest BCUT2D eigenvalue weighted by atomic mass is 9.99. The van der Waals surface area contributed by atoms with Gasteiger partial charge in [-0.15, -0.1) is 0 Å². The zero-order valence-corrected chi connectivity index (χ0v) is 74.2. The first kappa shape index (κ1) is 94.0. The van der Waals surface area contributed by atoms with Gasteiger partial charge in [-0.1, -0.05) is 167 Å². The number of nitrogens with zero attached hydrogens (tertiary/aromatic N) is 8. The van der Waals surface area contributed by atoms with E-state index in [9.17, 15) is 45.0 Å². The molecule has 4 heterocycles. The topological polar surface area (TPSA) is 256 Å². The number of pyridine rings is 4. The number of Topliss-reactive ketones (excluding diaryl/α,β-unsaturated/α-hetero) is 1. The first-order valence-corrected chi connectivity index (χ1v) is 45.8. The molecule has 0 aliphatic heterocycles. The number of aromatic nitrogens is 4. The van der Waals surface area contributed by atoms with Crippen LogP contribution in [0.3, 0.4) is 0 Å². The lowest BCUT2D eigenvalue weighted by Crippen LogP contribution is -2.25. The number of hydrogen-bond acceptors (Lipinski definition) is 15. The highest BCUT2D eigenvalue weighted by Gasteiger charge is 2.20. The number of rotatable bonds is 29. The molecule has 636 valence electrons. The number of aryl methyl sites for hydroxylation is 8. The SMILES string of the molecule is CCC(=O)N(C)c1ccc(-c2ccc(S(=N)(=O)CCc3ccc(C)nc3C)cc2)cc1.CCC(=O)N(C)c1ccc(-c2ccc(S(=N)(=O)CCc3ccc(F)nc3C)cc2)cc1.CCC(=O)N(C)c1ccc(-c2ccc(S(=N)(=O)CCc3ccc(F)nc3C)cc2)cc1F.CCCN(C)c1ccc(-c2ccc(C(=O)CCc3ccc(Cl)nc3)cc2)cc1. The molecule has 0 aliphatic carbocycles. The Morgan fingerprint density at radius 2 is 0.738 bits per heavy atom. The second-order valence-electron chi connectivity index (χ2n) is 29.6. The molecule has 0 radical (unpaired) electrons. The minimum absolute atomic E-state index is 0.0499. The van der Waals surface area contributed by atoms with Gasteiger partial charge in [0.1, 0.15) is 11.0 Å². The van der Waals surface area contributed by atoms with E-state index in [1.165, 1.54) is 35.8 Å². The van der Waals surface area contributed by atoms with E-state index in [4.69, 9.17) is 25.9 Å². The van der Waals surface area contributed by atoms with Crippen molar-refractivity contribution in [3.8, 4) is 44.5 Å². The average molecular weight is 1730 g/mol. The van der Waals surface area contributed by atoms with E-state index in [0.717, 1.165) is 96.9 Å². The second-order valence-corrected chi connectivity index (χ2v) is 36.6. The summed E-state index contributed by atoms with van der Waals surface area (Å²) in [5, 5.41) is 0.468. The smallest absolute Gasteiger partial charge is 0.226 e. The molecule has 18 nitrogen and oxygen atoms in total. The van der Waals surface area contributed by atoms with Crippen molar-refractivity contribution in [1.29, 1.82) is 14.3 Å². The van der Waals surface area contributed by atoms with Crippen LogP contribution in [-0.2, 0) is 69.3 Å². The van der Waals surface area contributed by atoms with Crippen molar-refractivity contribution >= 4 is 87.0 Å². The van der Waals surface area contributed by atoms with Crippen molar-refractivity contribution in [2.24, 2.45) is 0 Å². The van der Waals surface area contributed by atoms with Gasteiger partial charge in [0.25, 0.3) is 0 Å². The Labute approximate surface area is 721 Å². The van der Waals surface area contributed by atoms with E-state index < -0.39 is 46.9 Å². The van der Waals surface area contributed by atoms with E-state index in [2.05, 4.69) is 63.1 Å². The molecule has 0 bridgehead atoms. The van der Waals surface area contributed by atoms with Gasteiger partial charge in [-0.3, -0.25) is 24.2 Å². The fraction of sp³-hybridized carbons (Fsp3) is 0.258. The highest BCUT2D eigenvalue weighted by molar-refractivity contribution is 7.93. The van der Waals surface area contributed by atoms with Crippen LogP contribution in [0.4, 0.5) is 35.9 Å². The zero-order chi connectivity index (χ0) is 88.6. The molecule has 3 amide bonds. The summed E-state index contributed by atoms with van der Waals surface area (Å²) in [6, 6.07) is 71.0. The monoisotopic (exact) mass is 1720 g/mol. The van der Waals surface area contributed by atoms with Crippen LogP contribution in [0.1, 0.15) is 115 Å².